The summed E-state index contributed by atoms with van der Waals surface area (Å²) >= 11 is 0. The molecule has 0 fully saturated rings. The van der Waals surface area contributed by atoms with Crippen LogP contribution in [0.5, 0.6) is 0 Å². The highest BCUT2D eigenvalue weighted by atomic mass is 32.2. The van der Waals surface area contributed by atoms with Crippen LogP contribution < -0.4 is 10.0 Å². The van der Waals surface area contributed by atoms with E-state index in [0.29, 0.717) is 5.56 Å². The summed E-state index contributed by atoms with van der Waals surface area (Å²) in [5.41, 5.74) is 3.44. The maximum Gasteiger partial charge on any atom is 0.252 e. The maximum atomic E-state index is 12.9. The van der Waals surface area contributed by atoms with E-state index in [4.69, 9.17) is 4.74 Å². The smallest absolute Gasteiger partial charge is 0.252 e. The van der Waals surface area contributed by atoms with Gasteiger partial charge in [-0.25, -0.2) is 13.1 Å². The number of amides is 1. The summed E-state index contributed by atoms with van der Waals surface area (Å²) in [7, 11) is -2.15. The van der Waals surface area contributed by atoms with Gasteiger partial charge >= 0.3 is 0 Å². The fraction of sp³-hybridized carbons (Fsp3) is 0.208. The number of sulfonamides is 1. The fourth-order valence-corrected chi connectivity index (χ4v) is 4.14. The van der Waals surface area contributed by atoms with Gasteiger partial charge < -0.3 is 10.1 Å². The second-order valence-electron chi connectivity index (χ2n) is 7.14. The van der Waals surface area contributed by atoms with Gasteiger partial charge in [-0.2, -0.15) is 0 Å². The van der Waals surface area contributed by atoms with E-state index in [1.54, 1.807) is 0 Å². The normalized spacial score (nSPS) is 12.3. The Morgan fingerprint density at radius 3 is 2.13 bits per heavy atom. The third-order valence-corrected chi connectivity index (χ3v) is 6.32. The SMILES string of the molecule is COCCNS(=O)(=O)c1ccc(C(=O)NC(c2ccccc2)c2ccc(C)cc2)cc1. The van der Waals surface area contributed by atoms with Crippen LogP contribution >= 0.6 is 0 Å². The van der Waals surface area contributed by atoms with E-state index in [9.17, 15) is 13.2 Å². The summed E-state index contributed by atoms with van der Waals surface area (Å²) in [6, 6.07) is 23.3. The monoisotopic (exact) mass is 438 g/mol. The molecule has 1 amide bonds. The molecule has 0 aliphatic carbocycles. The van der Waals surface area contributed by atoms with Gasteiger partial charge in [-0.05, 0) is 42.3 Å². The maximum absolute atomic E-state index is 12.9. The minimum absolute atomic E-state index is 0.0956. The Hall–Kier alpha value is -3.00. The van der Waals surface area contributed by atoms with Crippen LogP contribution in [0.25, 0.3) is 0 Å². The fourth-order valence-electron chi connectivity index (χ4n) is 3.12. The highest BCUT2D eigenvalue weighted by molar-refractivity contribution is 7.89. The summed E-state index contributed by atoms with van der Waals surface area (Å²) in [5.74, 6) is -0.286. The highest BCUT2D eigenvalue weighted by Crippen LogP contribution is 2.23. The lowest BCUT2D eigenvalue weighted by Gasteiger charge is -2.20. The molecule has 1 unspecified atom stereocenters. The number of ether oxygens (including phenoxy) is 1. The molecule has 0 aliphatic rings. The Kier molecular flexibility index (Phi) is 7.57. The Morgan fingerprint density at radius 2 is 1.52 bits per heavy atom. The zero-order valence-corrected chi connectivity index (χ0v) is 18.4. The summed E-state index contributed by atoms with van der Waals surface area (Å²) in [6.07, 6.45) is 0. The summed E-state index contributed by atoms with van der Waals surface area (Å²) in [4.78, 5) is 13.0. The first-order valence-corrected chi connectivity index (χ1v) is 11.4. The number of benzene rings is 3. The number of hydrogen-bond donors (Lipinski definition) is 2. The number of carbonyl (C=O) groups is 1. The van der Waals surface area contributed by atoms with Gasteiger partial charge in [0.05, 0.1) is 17.5 Å². The molecule has 3 aromatic rings. The number of carbonyl (C=O) groups excluding carboxylic acids is 1. The van der Waals surface area contributed by atoms with Crippen LogP contribution in [0.1, 0.15) is 33.1 Å². The number of aryl methyl sites for hydroxylation is 1. The first kappa shape index (κ1) is 22.7. The van der Waals surface area contributed by atoms with Crippen molar-refractivity contribution < 1.29 is 17.9 Å². The van der Waals surface area contributed by atoms with Crippen molar-refractivity contribution in [2.45, 2.75) is 17.9 Å². The van der Waals surface area contributed by atoms with Crippen LogP contribution in [0.2, 0.25) is 0 Å². The molecule has 0 saturated heterocycles. The minimum Gasteiger partial charge on any atom is -0.383 e. The molecule has 3 aromatic carbocycles. The van der Waals surface area contributed by atoms with E-state index in [1.165, 1.54) is 31.4 Å². The predicted octanol–water partition coefficient (Wildman–Crippen LogP) is 3.44. The molecule has 7 heteroatoms. The van der Waals surface area contributed by atoms with E-state index >= 15 is 0 Å². The highest BCUT2D eigenvalue weighted by Gasteiger charge is 2.19. The van der Waals surface area contributed by atoms with Gasteiger partial charge in [-0.3, -0.25) is 4.79 Å². The lowest BCUT2D eigenvalue weighted by atomic mass is 9.97. The van der Waals surface area contributed by atoms with E-state index in [-0.39, 0.29) is 30.0 Å². The van der Waals surface area contributed by atoms with E-state index < -0.39 is 10.0 Å². The minimum atomic E-state index is -3.65. The molecule has 2 N–H and O–H groups in total. The Bertz CT molecular complexity index is 1100. The molecule has 0 aliphatic heterocycles. The lowest BCUT2D eigenvalue weighted by molar-refractivity contribution is 0.0943. The van der Waals surface area contributed by atoms with Crippen molar-refractivity contribution in [1.82, 2.24) is 10.0 Å². The Morgan fingerprint density at radius 1 is 0.903 bits per heavy atom. The van der Waals surface area contributed by atoms with Crippen molar-refractivity contribution in [3.05, 3.63) is 101 Å². The number of nitrogens with one attached hydrogen (secondary N) is 2. The van der Waals surface area contributed by atoms with E-state index in [1.807, 2.05) is 61.5 Å². The molecule has 31 heavy (non-hydrogen) atoms. The van der Waals surface area contributed by atoms with Crippen molar-refractivity contribution >= 4 is 15.9 Å². The van der Waals surface area contributed by atoms with Crippen molar-refractivity contribution in [2.75, 3.05) is 20.3 Å². The lowest BCUT2D eigenvalue weighted by Crippen LogP contribution is -2.29. The third-order valence-electron chi connectivity index (χ3n) is 4.84. The summed E-state index contributed by atoms with van der Waals surface area (Å²) < 4.78 is 31.9. The molecular weight excluding hydrogens is 412 g/mol. The Labute approximate surface area is 183 Å². The van der Waals surface area contributed by atoms with Crippen LogP contribution in [0.3, 0.4) is 0 Å². The van der Waals surface area contributed by atoms with Crippen LogP contribution in [-0.4, -0.2) is 34.6 Å². The molecule has 0 aromatic heterocycles. The first-order chi connectivity index (χ1) is 14.9. The summed E-state index contributed by atoms with van der Waals surface area (Å²) in [5, 5.41) is 3.06. The predicted molar refractivity (Wildman–Crippen MR) is 120 cm³/mol. The van der Waals surface area contributed by atoms with Gasteiger partial charge in [0, 0.05) is 19.2 Å². The van der Waals surface area contributed by atoms with Crippen LogP contribution in [-0.2, 0) is 14.8 Å². The molecule has 0 spiro atoms. The molecular formula is C24H26N2O4S. The zero-order valence-electron chi connectivity index (χ0n) is 17.5. The quantitative estimate of drug-likeness (QED) is 0.501. The van der Waals surface area contributed by atoms with Crippen molar-refractivity contribution in [1.29, 1.82) is 0 Å². The average molecular weight is 439 g/mol. The molecule has 1 atom stereocenters. The molecule has 0 saturated carbocycles. The van der Waals surface area contributed by atoms with Gasteiger partial charge in [-0.1, -0.05) is 60.2 Å². The molecule has 3 rings (SSSR count). The number of rotatable bonds is 9. The summed E-state index contributed by atoms with van der Waals surface area (Å²) in [6.45, 7) is 2.47. The van der Waals surface area contributed by atoms with Crippen molar-refractivity contribution in [2.24, 2.45) is 0 Å². The van der Waals surface area contributed by atoms with Gasteiger partial charge in [-0.15, -0.1) is 0 Å². The van der Waals surface area contributed by atoms with Crippen LogP contribution in [0.15, 0.2) is 83.8 Å². The van der Waals surface area contributed by atoms with Gasteiger partial charge in [0.1, 0.15) is 0 Å². The van der Waals surface area contributed by atoms with Gasteiger partial charge in [0.15, 0.2) is 0 Å². The second-order valence-corrected chi connectivity index (χ2v) is 8.91. The molecule has 6 nitrogen and oxygen atoms in total. The Balaban J connectivity index is 1.80. The van der Waals surface area contributed by atoms with E-state index in [2.05, 4.69) is 10.0 Å². The molecule has 162 valence electrons. The first-order valence-electron chi connectivity index (χ1n) is 9.92. The molecule has 0 radical (unpaired) electrons. The van der Waals surface area contributed by atoms with Crippen LogP contribution in [0.4, 0.5) is 0 Å². The largest absolute Gasteiger partial charge is 0.383 e. The standard InChI is InChI=1S/C24H26N2O4S/c1-18-8-10-20(11-9-18)23(19-6-4-3-5-7-19)26-24(27)21-12-14-22(15-13-21)31(28,29)25-16-17-30-2/h3-15,23,25H,16-17H2,1-2H3,(H,26,27). The molecule has 0 heterocycles. The van der Waals surface area contributed by atoms with Crippen molar-refractivity contribution in [3.8, 4) is 0 Å². The van der Waals surface area contributed by atoms with Gasteiger partial charge in [0.2, 0.25) is 10.0 Å². The second kappa shape index (κ2) is 10.3. The zero-order chi connectivity index (χ0) is 22.3. The number of methoxy groups -OCH3 is 1. The average Bonchev–Trinajstić information content (AvgIpc) is 2.79. The van der Waals surface area contributed by atoms with Gasteiger partial charge in [0.25, 0.3) is 5.91 Å². The van der Waals surface area contributed by atoms with E-state index in [0.717, 1.165) is 16.7 Å². The number of hydrogen-bond acceptors (Lipinski definition) is 4. The van der Waals surface area contributed by atoms with Crippen molar-refractivity contribution in [3.63, 3.8) is 0 Å². The topological polar surface area (TPSA) is 84.5 Å². The third kappa shape index (κ3) is 6.01. The van der Waals surface area contributed by atoms with Crippen LogP contribution in [0, 0.1) is 6.92 Å². The molecule has 0 bridgehead atoms.